The molecule has 3 aliphatic heterocycles. The van der Waals surface area contributed by atoms with E-state index < -0.39 is 29.7 Å². The third kappa shape index (κ3) is 2.84. The molecular formula is C18H20N4O5. The first-order valence-corrected chi connectivity index (χ1v) is 8.82. The van der Waals surface area contributed by atoms with E-state index in [1.165, 1.54) is 0 Å². The zero-order chi connectivity index (χ0) is 19.2. The van der Waals surface area contributed by atoms with E-state index >= 15 is 0 Å². The number of hydrogen-bond donors (Lipinski definition) is 3. The van der Waals surface area contributed by atoms with Gasteiger partial charge in [-0.15, -0.1) is 0 Å². The highest BCUT2D eigenvalue weighted by atomic mass is 16.5. The lowest BCUT2D eigenvalue weighted by atomic mass is 9.96. The highest BCUT2D eigenvalue weighted by Crippen LogP contribution is 2.30. The zero-order valence-electron chi connectivity index (χ0n) is 14.6. The molecule has 0 aromatic heterocycles. The second kappa shape index (κ2) is 6.52. The number of nitrogens with one attached hydrogen (secondary N) is 2. The number of benzene rings is 1. The molecule has 3 heterocycles. The standard InChI is InChI=1S/C18H20N4O5/c19-7-18(8-27-9-18)20-6-10-2-1-3-11-14(10)17(26)22(16(11)25)12-4-5-13(23)21-15(12)24/h1-3,12,20H,4-9,19H2,(H,21,23,24). The third-order valence-electron chi connectivity index (χ3n) is 5.36. The summed E-state index contributed by atoms with van der Waals surface area (Å²) in [6.45, 7) is 1.74. The number of rotatable bonds is 5. The Labute approximate surface area is 155 Å². The minimum atomic E-state index is -0.966. The van der Waals surface area contributed by atoms with Crippen molar-refractivity contribution < 1.29 is 23.9 Å². The molecule has 4 amide bonds. The van der Waals surface area contributed by atoms with E-state index in [2.05, 4.69) is 10.6 Å². The second-order valence-electron chi connectivity index (χ2n) is 7.12. The number of hydrogen-bond acceptors (Lipinski definition) is 7. The average molecular weight is 372 g/mol. The Hall–Kier alpha value is -2.62. The number of nitrogens with zero attached hydrogens (tertiary/aromatic N) is 1. The number of amides is 4. The summed E-state index contributed by atoms with van der Waals surface area (Å²) in [5.41, 5.74) is 6.71. The van der Waals surface area contributed by atoms with Crippen LogP contribution in [0.4, 0.5) is 0 Å². The highest BCUT2D eigenvalue weighted by molar-refractivity contribution is 6.24. The van der Waals surface area contributed by atoms with Crippen LogP contribution in [0.15, 0.2) is 18.2 Å². The summed E-state index contributed by atoms with van der Waals surface area (Å²) in [5, 5.41) is 5.51. The van der Waals surface area contributed by atoms with Gasteiger partial charge in [0.15, 0.2) is 0 Å². The summed E-state index contributed by atoms with van der Waals surface area (Å²) in [4.78, 5) is 50.3. The Morgan fingerprint density at radius 2 is 2.00 bits per heavy atom. The van der Waals surface area contributed by atoms with E-state index in [1.54, 1.807) is 18.2 Å². The van der Waals surface area contributed by atoms with Gasteiger partial charge in [-0.25, -0.2) is 0 Å². The van der Waals surface area contributed by atoms with Crippen LogP contribution in [0, 0.1) is 0 Å². The summed E-state index contributed by atoms with van der Waals surface area (Å²) in [7, 11) is 0. The second-order valence-corrected chi connectivity index (χ2v) is 7.12. The van der Waals surface area contributed by atoms with Gasteiger partial charge in [0.2, 0.25) is 11.8 Å². The molecule has 4 rings (SSSR count). The van der Waals surface area contributed by atoms with Gasteiger partial charge in [-0.3, -0.25) is 29.4 Å². The van der Waals surface area contributed by atoms with Gasteiger partial charge < -0.3 is 15.8 Å². The molecule has 9 nitrogen and oxygen atoms in total. The Morgan fingerprint density at radius 1 is 1.22 bits per heavy atom. The summed E-state index contributed by atoms with van der Waals surface area (Å²) >= 11 is 0. The van der Waals surface area contributed by atoms with Crippen molar-refractivity contribution >= 4 is 23.6 Å². The number of ether oxygens (including phenoxy) is 1. The maximum Gasteiger partial charge on any atom is 0.262 e. The van der Waals surface area contributed by atoms with Crippen LogP contribution in [0.2, 0.25) is 0 Å². The van der Waals surface area contributed by atoms with Gasteiger partial charge in [0.25, 0.3) is 11.8 Å². The first-order valence-electron chi connectivity index (χ1n) is 8.82. The van der Waals surface area contributed by atoms with Gasteiger partial charge in [-0.05, 0) is 18.1 Å². The summed E-state index contributed by atoms with van der Waals surface area (Å²) in [6.07, 6.45) is 0.231. The van der Waals surface area contributed by atoms with Crippen LogP contribution in [0.5, 0.6) is 0 Å². The Kier molecular flexibility index (Phi) is 4.29. The summed E-state index contributed by atoms with van der Waals surface area (Å²) in [5.74, 6) is -2.03. The number of fused-ring (bicyclic) bond motifs is 1. The highest BCUT2D eigenvalue weighted by Gasteiger charge is 2.45. The summed E-state index contributed by atoms with van der Waals surface area (Å²) < 4.78 is 5.22. The number of carbonyl (C=O) groups excluding carboxylic acids is 4. The largest absolute Gasteiger partial charge is 0.377 e. The van der Waals surface area contributed by atoms with Crippen molar-refractivity contribution in [3.63, 3.8) is 0 Å². The van der Waals surface area contributed by atoms with Crippen molar-refractivity contribution in [2.45, 2.75) is 31.0 Å². The molecule has 0 aliphatic carbocycles. The number of nitrogens with two attached hydrogens (primary N) is 1. The van der Waals surface area contributed by atoms with Gasteiger partial charge in [-0.1, -0.05) is 12.1 Å². The van der Waals surface area contributed by atoms with E-state index in [4.69, 9.17) is 10.5 Å². The molecule has 4 N–H and O–H groups in total. The first kappa shape index (κ1) is 17.8. The minimum absolute atomic E-state index is 0.0945. The number of imide groups is 2. The van der Waals surface area contributed by atoms with Crippen LogP contribution in [0.3, 0.4) is 0 Å². The van der Waals surface area contributed by atoms with Crippen LogP contribution in [0.1, 0.15) is 39.1 Å². The van der Waals surface area contributed by atoms with E-state index in [9.17, 15) is 19.2 Å². The molecule has 27 heavy (non-hydrogen) atoms. The van der Waals surface area contributed by atoms with Crippen molar-refractivity contribution in [2.24, 2.45) is 5.73 Å². The smallest absolute Gasteiger partial charge is 0.262 e. The molecule has 9 heteroatoms. The van der Waals surface area contributed by atoms with Crippen molar-refractivity contribution in [1.82, 2.24) is 15.5 Å². The van der Waals surface area contributed by atoms with Gasteiger partial charge in [0.05, 0.1) is 29.9 Å². The molecule has 1 aromatic rings. The molecule has 0 radical (unpaired) electrons. The molecule has 1 atom stereocenters. The van der Waals surface area contributed by atoms with Crippen LogP contribution in [-0.4, -0.2) is 59.9 Å². The third-order valence-corrected chi connectivity index (χ3v) is 5.36. The van der Waals surface area contributed by atoms with E-state index in [0.717, 1.165) is 4.90 Å². The summed E-state index contributed by atoms with van der Waals surface area (Å²) in [6, 6.07) is 4.10. The lowest BCUT2D eigenvalue weighted by Gasteiger charge is -2.41. The molecular weight excluding hydrogens is 352 g/mol. The van der Waals surface area contributed by atoms with E-state index in [1.807, 2.05) is 0 Å². The molecule has 1 unspecified atom stereocenters. The van der Waals surface area contributed by atoms with Crippen LogP contribution in [-0.2, 0) is 20.9 Å². The van der Waals surface area contributed by atoms with Gasteiger partial charge in [0, 0.05) is 19.5 Å². The topological polar surface area (TPSA) is 131 Å². The monoisotopic (exact) mass is 372 g/mol. The van der Waals surface area contributed by atoms with Crippen LogP contribution >= 0.6 is 0 Å². The van der Waals surface area contributed by atoms with Gasteiger partial charge in [0.1, 0.15) is 6.04 Å². The lowest BCUT2D eigenvalue weighted by molar-refractivity contribution is -0.136. The molecule has 2 fully saturated rings. The molecule has 0 bridgehead atoms. The van der Waals surface area contributed by atoms with E-state index in [-0.39, 0.29) is 23.9 Å². The SMILES string of the molecule is NCC1(NCc2cccc3c2C(=O)N(C2CCC(=O)NC2=O)C3=O)COC1. The van der Waals surface area contributed by atoms with Crippen molar-refractivity contribution in [3.8, 4) is 0 Å². The molecule has 0 saturated carbocycles. The maximum atomic E-state index is 13.0. The van der Waals surface area contributed by atoms with Gasteiger partial charge >= 0.3 is 0 Å². The van der Waals surface area contributed by atoms with E-state index in [0.29, 0.717) is 37.4 Å². The zero-order valence-corrected chi connectivity index (χ0v) is 14.6. The molecule has 3 aliphatic rings. The lowest BCUT2D eigenvalue weighted by Crippen LogP contribution is -2.64. The predicted molar refractivity (Wildman–Crippen MR) is 92.6 cm³/mol. The Morgan fingerprint density at radius 3 is 2.63 bits per heavy atom. The fourth-order valence-corrected chi connectivity index (χ4v) is 3.66. The normalized spacial score (nSPS) is 23.9. The minimum Gasteiger partial charge on any atom is -0.377 e. The Balaban J connectivity index is 1.59. The number of piperidine rings is 1. The van der Waals surface area contributed by atoms with Crippen LogP contribution in [0.25, 0.3) is 0 Å². The quantitative estimate of drug-likeness (QED) is 0.560. The molecule has 1 aromatic carbocycles. The van der Waals surface area contributed by atoms with Crippen molar-refractivity contribution in [3.05, 3.63) is 34.9 Å². The fraction of sp³-hybridized carbons (Fsp3) is 0.444. The van der Waals surface area contributed by atoms with Crippen molar-refractivity contribution in [2.75, 3.05) is 19.8 Å². The van der Waals surface area contributed by atoms with Crippen molar-refractivity contribution in [1.29, 1.82) is 0 Å². The average Bonchev–Trinajstić information content (AvgIpc) is 2.87. The molecule has 142 valence electrons. The fourth-order valence-electron chi connectivity index (χ4n) is 3.66. The maximum absolute atomic E-state index is 13.0. The van der Waals surface area contributed by atoms with Crippen LogP contribution < -0.4 is 16.4 Å². The first-order chi connectivity index (χ1) is 13.0. The number of carbonyl (C=O) groups is 4. The van der Waals surface area contributed by atoms with Gasteiger partial charge in [-0.2, -0.15) is 0 Å². The predicted octanol–water partition coefficient (Wildman–Crippen LogP) is -1.09. The Bertz CT molecular complexity index is 843. The molecule has 0 spiro atoms. The molecule has 2 saturated heterocycles.